The van der Waals surface area contributed by atoms with Crippen molar-refractivity contribution < 1.29 is 4.74 Å². The standard InChI is InChI=1S/C13H15Cl3O/c1-7(8-3-4-8)13(16)9-5-11(15)12(17-2)6-10(9)14/h5-8,13H,3-4H2,1-2H3. The number of halogens is 3. The number of hydrogen-bond acceptors (Lipinski definition) is 1. The maximum atomic E-state index is 6.48. The third kappa shape index (κ3) is 2.83. The van der Waals surface area contributed by atoms with Crippen molar-refractivity contribution in [2.24, 2.45) is 11.8 Å². The molecule has 0 radical (unpaired) electrons. The van der Waals surface area contributed by atoms with Gasteiger partial charge in [-0.05, 0) is 36.3 Å². The Morgan fingerprint density at radius 2 is 1.88 bits per heavy atom. The smallest absolute Gasteiger partial charge is 0.138 e. The van der Waals surface area contributed by atoms with Gasteiger partial charge in [0.15, 0.2) is 0 Å². The van der Waals surface area contributed by atoms with Crippen molar-refractivity contribution in [1.82, 2.24) is 0 Å². The highest BCUT2D eigenvalue weighted by Crippen LogP contribution is 2.47. The van der Waals surface area contributed by atoms with E-state index in [4.69, 9.17) is 39.5 Å². The summed E-state index contributed by atoms with van der Waals surface area (Å²) in [4.78, 5) is 0. The Morgan fingerprint density at radius 3 is 2.41 bits per heavy atom. The van der Waals surface area contributed by atoms with Crippen LogP contribution in [0.15, 0.2) is 12.1 Å². The highest BCUT2D eigenvalue weighted by molar-refractivity contribution is 6.35. The highest BCUT2D eigenvalue weighted by atomic mass is 35.5. The number of hydrogen-bond donors (Lipinski definition) is 0. The van der Waals surface area contributed by atoms with Gasteiger partial charge in [0, 0.05) is 11.1 Å². The van der Waals surface area contributed by atoms with Gasteiger partial charge in [0.1, 0.15) is 5.75 Å². The molecule has 0 amide bonds. The van der Waals surface area contributed by atoms with Crippen LogP contribution in [0.1, 0.15) is 30.7 Å². The van der Waals surface area contributed by atoms with Crippen LogP contribution in [-0.4, -0.2) is 7.11 Å². The lowest BCUT2D eigenvalue weighted by Gasteiger charge is -2.20. The lowest BCUT2D eigenvalue weighted by atomic mass is 9.96. The molecule has 1 aromatic carbocycles. The van der Waals surface area contributed by atoms with E-state index in [9.17, 15) is 0 Å². The summed E-state index contributed by atoms with van der Waals surface area (Å²) in [5.74, 6) is 1.75. The number of methoxy groups -OCH3 is 1. The predicted molar refractivity (Wildman–Crippen MR) is 73.5 cm³/mol. The molecule has 1 saturated carbocycles. The molecule has 17 heavy (non-hydrogen) atoms. The van der Waals surface area contributed by atoms with Crippen molar-refractivity contribution in [2.45, 2.75) is 25.1 Å². The van der Waals surface area contributed by atoms with Crippen LogP contribution in [0, 0.1) is 11.8 Å². The lowest BCUT2D eigenvalue weighted by Crippen LogP contribution is -2.07. The van der Waals surface area contributed by atoms with Crippen molar-refractivity contribution in [3.8, 4) is 5.75 Å². The van der Waals surface area contributed by atoms with Gasteiger partial charge in [-0.15, -0.1) is 11.6 Å². The van der Waals surface area contributed by atoms with E-state index in [1.807, 2.05) is 6.07 Å². The van der Waals surface area contributed by atoms with Gasteiger partial charge >= 0.3 is 0 Å². The number of alkyl halides is 1. The topological polar surface area (TPSA) is 9.23 Å². The second-order valence-corrected chi connectivity index (χ2v) is 5.89. The van der Waals surface area contributed by atoms with Gasteiger partial charge in [-0.25, -0.2) is 0 Å². The molecule has 0 aromatic heterocycles. The fraction of sp³-hybridized carbons (Fsp3) is 0.538. The van der Waals surface area contributed by atoms with Crippen LogP contribution in [0.3, 0.4) is 0 Å². The Balaban J connectivity index is 2.28. The SMILES string of the molecule is COc1cc(Cl)c(C(Cl)C(C)C2CC2)cc1Cl. The van der Waals surface area contributed by atoms with Gasteiger partial charge in [0.2, 0.25) is 0 Å². The Kier molecular flexibility index (Phi) is 4.12. The zero-order valence-corrected chi connectivity index (χ0v) is 12.1. The maximum absolute atomic E-state index is 6.48. The molecule has 0 saturated heterocycles. The highest BCUT2D eigenvalue weighted by Gasteiger charge is 2.34. The zero-order chi connectivity index (χ0) is 12.6. The first-order valence-corrected chi connectivity index (χ1v) is 6.90. The molecule has 4 heteroatoms. The molecule has 1 aromatic rings. The largest absolute Gasteiger partial charge is 0.495 e. The van der Waals surface area contributed by atoms with Crippen molar-refractivity contribution in [3.63, 3.8) is 0 Å². The Labute approximate surface area is 117 Å². The number of benzene rings is 1. The van der Waals surface area contributed by atoms with E-state index in [2.05, 4.69) is 6.92 Å². The van der Waals surface area contributed by atoms with Crippen LogP contribution in [0.25, 0.3) is 0 Å². The summed E-state index contributed by atoms with van der Waals surface area (Å²) >= 11 is 18.8. The predicted octanol–water partition coefficient (Wildman–Crippen LogP) is 5.33. The van der Waals surface area contributed by atoms with E-state index in [1.165, 1.54) is 12.8 Å². The van der Waals surface area contributed by atoms with E-state index in [0.29, 0.717) is 21.7 Å². The summed E-state index contributed by atoms with van der Waals surface area (Å²) in [7, 11) is 1.57. The van der Waals surface area contributed by atoms with Gasteiger partial charge in [-0.1, -0.05) is 30.1 Å². The van der Waals surface area contributed by atoms with E-state index >= 15 is 0 Å². The Bertz CT molecular complexity index is 415. The molecule has 2 unspecified atom stereocenters. The quantitative estimate of drug-likeness (QED) is 0.682. The summed E-state index contributed by atoms with van der Waals surface area (Å²) < 4.78 is 5.12. The van der Waals surface area contributed by atoms with Gasteiger partial charge in [-0.2, -0.15) is 0 Å². The van der Waals surface area contributed by atoms with Crippen LogP contribution in [0.5, 0.6) is 5.75 Å². The van der Waals surface area contributed by atoms with Crippen LogP contribution < -0.4 is 4.74 Å². The number of ether oxygens (including phenoxy) is 1. The minimum atomic E-state index is -0.0848. The molecule has 1 aliphatic carbocycles. The van der Waals surface area contributed by atoms with E-state index < -0.39 is 0 Å². The summed E-state index contributed by atoms with van der Waals surface area (Å²) in [5.41, 5.74) is 0.901. The van der Waals surface area contributed by atoms with E-state index in [1.54, 1.807) is 13.2 Å². The Hall–Kier alpha value is -0.110. The average molecular weight is 294 g/mol. The number of rotatable bonds is 4. The molecular weight excluding hydrogens is 279 g/mol. The molecule has 1 aliphatic rings. The molecule has 0 aliphatic heterocycles. The third-order valence-corrected chi connectivity index (χ3v) is 4.65. The minimum absolute atomic E-state index is 0.0848. The first kappa shape index (κ1) is 13.3. The van der Waals surface area contributed by atoms with Crippen LogP contribution >= 0.6 is 34.8 Å². The van der Waals surface area contributed by atoms with Crippen molar-refractivity contribution in [3.05, 3.63) is 27.7 Å². The van der Waals surface area contributed by atoms with Gasteiger partial charge < -0.3 is 4.74 Å². The summed E-state index contributed by atoms with van der Waals surface area (Å²) in [6, 6.07) is 3.55. The molecule has 2 atom stereocenters. The Morgan fingerprint density at radius 1 is 1.24 bits per heavy atom. The van der Waals surface area contributed by atoms with Gasteiger partial charge in [-0.3, -0.25) is 0 Å². The van der Waals surface area contributed by atoms with Crippen LogP contribution in [0.2, 0.25) is 10.0 Å². The second kappa shape index (κ2) is 5.26. The molecule has 2 rings (SSSR count). The fourth-order valence-corrected chi connectivity index (χ4v) is 3.02. The monoisotopic (exact) mass is 292 g/mol. The van der Waals surface area contributed by atoms with Gasteiger partial charge in [0.05, 0.1) is 17.5 Å². The average Bonchev–Trinajstić information content (AvgIpc) is 3.13. The fourth-order valence-electron chi connectivity index (χ4n) is 2.06. The van der Waals surface area contributed by atoms with Crippen LogP contribution in [0.4, 0.5) is 0 Å². The minimum Gasteiger partial charge on any atom is -0.495 e. The first-order chi connectivity index (χ1) is 8.04. The molecule has 94 valence electrons. The third-order valence-electron chi connectivity index (χ3n) is 3.40. The summed E-state index contributed by atoms with van der Waals surface area (Å²) in [6.07, 6.45) is 2.54. The summed E-state index contributed by atoms with van der Waals surface area (Å²) in [5, 5.41) is 1.10. The second-order valence-electron chi connectivity index (χ2n) is 4.61. The molecule has 1 nitrogen and oxygen atoms in total. The van der Waals surface area contributed by atoms with Crippen molar-refractivity contribution in [1.29, 1.82) is 0 Å². The molecule has 0 spiro atoms. The molecular formula is C13H15Cl3O. The van der Waals surface area contributed by atoms with E-state index in [-0.39, 0.29) is 5.38 Å². The molecule has 0 heterocycles. The van der Waals surface area contributed by atoms with Crippen molar-refractivity contribution in [2.75, 3.05) is 7.11 Å². The first-order valence-electron chi connectivity index (χ1n) is 5.71. The van der Waals surface area contributed by atoms with Crippen LogP contribution in [-0.2, 0) is 0 Å². The van der Waals surface area contributed by atoms with Gasteiger partial charge in [0.25, 0.3) is 0 Å². The zero-order valence-electron chi connectivity index (χ0n) is 9.84. The molecule has 0 N–H and O–H groups in total. The maximum Gasteiger partial charge on any atom is 0.138 e. The molecule has 0 bridgehead atoms. The summed E-state index contributed by atoms with van der Waals surface area (Å²) in [6.45, 7) is 2.17. The lowest BCUT2D eigenvalue weighted by molar-refractivity contribution is 0.414. The normalized spacial score (nSPS) is 18.9. The molecule has 1 fully saturated rings. The van der Waals surface area contributed by atoms with E-state index in [0.717, 1.165) is 11.5 Å². The van der Waals surface area contributed by atoms with Crippen molar-refractivity contribution >= 4 is 34.8 Å².